The monoisotopic (exact) mass is 491 g/mol. The van der Waals surface area contributed by atoms with E-state index in [0.29, 0.717) is 42.0 Å². The molecule has 0 spiro atoms. The Morgan fingerprint density at radius 3 is 2.71 bits per heavy atom. The zero-order valence-electron chi connectivity index (χ0n) is 19.7. The highest BCUT2D eigenvalue weighted by Gasteiger charge is 2.16. The number of nitrogens with one attached hydrogen (secondary N) is 2. The van der Waals surface area contributed by atoms with Crippen molar-refractivity contribution in [1.29, 1.82) is 0 Å². The lowest BCUT2D eigenvalue weighted by atomic mass is 10.1. The van der Waals surface area contributed by atoms with Gasteiger partial charge in [-0.2, -0.15) is 0 Å². The molecule has 3 aliphatic rings. The van der Waals surface area contributed by atoms with E-state index in [4.69, 9.17) is 16.3 Å². The summed E-state index contributed by atoms with van der Waals surface area (Å²) in [5.41, 5.74) is 5.26. The Kier molecular flexibility index (Phi) is 7.45. The van der Waals surface area contributed by atoms with Crippen LogP contribution in [-0.2, 0) is 11.3 Å². The van der Waals surface area contributed by atoms with Gasteiger partial charge in [0.05, 0.1) is 17.3 Å². The Hall–Kier alpha value is -3.16. The summed E-state index contributed by atoms with van der Waals surface area (Å²) in [5.74, 6) is 0.348. The highest BCUT2D eigenvalue weighted by molar-refractivity contribution is 6.33. The topological polar surface area (TPSA) is 79.4 Å². The van der Waals surface area contributed by atoms with Gasteiger partial charge in [-0.15, -0.1) is 0 Å². The van der Waals surface area contributed by atoms with Crippen molar-refractivity contribution in [2.24, 2.45) is 0 Å². The first kappa shape index (κ1) is 23.6. The number of rotatable bonds is 1. The fourth-order valence-electron chi connectivity index (χ4n) is 4.60. The number of hydrogen-bond donors (Lipinski definition) is 2. The molecule has 2 aromatic carbocycles. The van der Waals surface area contributed by atoms with Gasteiger partial charge in [0.25, 0.3) is 5.91 Å². The molecule has 0 radical (unpaired) electrons. The number of amides is 1. The predicted molar refractivity (Wildman–Crippen MR) is 139 cm³/mol. The summed E-state index contributed by atoms with van der Waals surface area (Å²) in [7, 11) is 0. The van der Waals surface area contributed by atoms with E-state index in [2.05, 4.69) is 43.7 Å². The molecule has 6 bridgehead atoms. The minimum atomic E-state index is -0.135. The van der Waals surface area contributed by atoms with Gasteiger partial charge in [-0.3, -0.25) is 4.79 Å². The molecule has 0 aliphatic carbocycles. The Morgan fingerprint density at radius 2 is 1.86 bits per heavy atom. The van der Waals surface area contributed by atoms with Crippen molar-refractivity contribution < 1.29 is 9.53 Å². The molecule has 1 fully saturated rings. The molecular formula is C27H30ClN5O2. The number of piperidine rings is 1. The Morgan fingerprint density at radius 1 is 0.971 bits per heavy atom. The first-order chi connectivity index (χ1) is 17.2. The second-order valence-electron chi connectivity index (χ2n) is 8.99. The molecule has 1 aromatic heterocycles. The van der Waals surface area contributed by atoms with Gasteiger partial charge in [0.1, 0.15) is 0 Å². The van der Waals surface area contributed by atoms with Crippen molar-refractivity contribution in [2.45, 2.75) is 38.7 Å². The van der Waals surface area contributed by atoms with Gasteiger partial charge < -0.3 is 20.3 Å². The average molecular weight is 492 g/mol. The van der Waals surface area contributed by atoms with Crippen molar-refractivity contribution in [3.05, 3.63) is 64.8 Å². The van der Waals surface area contributed by atoms with E-state index >= 15 is 0 Å². The summed E-state index contributed by atoms with van der Waals surface area (Å²) in [4.78, 5) is 24.1. The number of nitrogens with zero attached hydrogens (tertiary/aromatic N) is 3. The number of carbonyl (C=O) groups is 1. The minimum Gasteiger partial charge on any atom is -0.377 e. The summed E-state index contributed by atoms with van der Waals surface area (Å²) in [6.45, 7) is 3.91. The van der Waals surface area contributed by atoms with Crippen LogP contribution in [0.25, 0.3) is 11.3 Å². The molecule has 0 unspecified atom stereocenters. The van der Waals surface area contributed by atoms with E-state index in [1.54, 1.807) is 18.3 Å². The van der Waals surface area contributed by atoms with Crippen LogP contribution in [0.3, 0.4) is 0 Å². The van der Waals surface area contributed by atoms with Crippen LogP contribution in [0.5, 0.6) is 0 Å². The summed E-state index contributed by atoms with van der Waals surface area (Å²) in [5, 5.41) is 6.78. The molecule has 0 saturated carbocycles. The molecule has 8 heteroatoms. The molecule has 6 rings (SSSR count). The zero-order valence-corrected chi connectivity index (χ0v) is 20.5. The Balaban J connectivity index is 1.47. The van der Waals surface area contributed by atoms with Crippen molar-refractivity contribution in [2.75, 3.05) is 36.5 Å². The van der Waals surface area contributed by atoms with Crippen LogP contribution in [0, 0.1) is 0 Å². The number of hydrogen-bond acceptors (Lipinski definition) is 6. The molecule has 1 saturated heterocycles. The van der Waals surface area contributed by atoms with Gasteiger partial charge in [0.2, 0.25) is 5.95 Å². The third-order valence-electron chi connectivity index (χ3n) is 6.45. The second-order valence-corrected chi connectivity index (χ2v) is 9.40. The maximum Gasteiger partial charge on any atom is 0.251 e. The first-order valence-electron chi connectivity index (χ1n) is 12.3. The lowest BCUT2D eigenvalue weighted by Gasteiger charge is -2.31. The van der Waals surface area contributed by atoms with Gasteiger partial charge >= 0.3 is 0 Å². The molecule has 3 aromatic rings. The molecule has 2 N–H and O–H groups in total. The largest absolute Gasteiger partial charge is 0.377 e. The summed E-state index contributed by atoms with van der Waals surface area (Å²) in [6.07, 6.45) is 7.15. The number of fused-ring (bicyclic) bond motifs is 9. The van der Waals surface area contributed by atoms with Crippen LogP contribution in [-0.4, -0.2) is 42.1 Å². The molecule has 4 heterocycles. The van der Waals surface area contributed by atoms with Crippen molar-refractivity contribution in [1.82, 2.24) is 15.3 Å². The van der Waals surface area contributed by atoms with Gasteiger partial charge in [0.15, 0.2) is 0 Å². The van der Waals surface area contributed by atoms with E-state index < -0.39 is 0 Å². The van der Waals surface area contributed by atoms with Gasteiger partial charge in [-0.05, 0) is 68.5 Å². The number of ether oxygens (including phenoxy) is 1. The van der Waals surface area contributed by atoms with E-state index in [1.807, 2.05) is 12.1 Å². The van der Waals surface area contributed by atoms with Gasteiger partial charge in [0, 0.05) is 60.5 Å². The normalized spacial score (nSPS) is 17.1. The Labute approximate surface area is 210 Å². The third-order valence-corrected chi connectivity index (χ3v) is 6.77. The molecule has 1 amide bonds. The summed E-state index contributed by atoms with van der Waals surface area (Å²) < 4.78 is 6.06. The van der Waals surface area contributed by atoms with E-state index in [-0.39, 0.29) is 5.91 Å². The Bertz CT molecular complexity index is 1200. The van der Waals surface area contributed by atoms with Crippen LogP contribution in [0.15, 0.2) is 48.7 Å². The van der Waals surface area contributed by atoms with Crippen molar-refractivity contribution in [3.8, 4) is 11.3 Å². The van der Waals surface area contributed by atoms with Crippen LogP contribution >= 0.6 is 11.6 Å². The van der Waals surface area contributed by atoms with Crippen LogP contribution in [0.2, 0.25) is 5.02 Å². The molecule has 0 atom stereocenters. The highest BCUT2D eigenvalue weighted by atomic mass is 35.5. The first-order valence-corrected chi connectivity index (χ1v) is 12.7. The minimum absolute atomic E-state index is 0.135. The standard InChI is InChI=1S/C27H30ClN5O2/c28-23-17-19-6-8-22(23)24-10-12-30-27(32-24)31-21-7-9-25(33-13-3-1-4-14-33)20(16-21)18-35-15-5-2-11-29-26(19)34/h6-10,12,16-17H,1-5,11,13-15,18H2,(H,29,34)(H,30,31,32). The fourth-order valence-corrected chi connectivity index (χ4v) is 4.88. The lowest BCUT2D eigenvalue weighted by Crippen LogP contribution is -2.30. The van der Waals surface area contributed by atoms with Crippen molar-refractivity contribution in [3.63, 3.8) is 0 Å². The number of halogens is 1. The fraction of sp³-hybridized carbons (Fsp3) is 0.370. The van der Waals surface area contributed by atoms with E-state index in [0.717, 1.165) is 42.7 Å². The number of anilines is 3. The predicted octanol–water partition coefficient (Wildman–Crippen LogP) is 5.57. The SMILES string of the molecule is O=C1NCCCCOCc2cc(ccc2N2CCCCC2)Nc2nccc(n2)-c2ccc1cc2Cl. The van der Waals surface area contributed by atoms with Crippen LogP contribution in [0.1, 0.15) is 48.0 Å². The number of aromatic nitrogens is 2. The van der Waals surface area contributed by atoms with Gasteiger partial charge in [-0.1, -0.05) is 17.7 Å². The van der Waals surface area contributed by atoms with Crippen molar-refractivity contribution >= 4 is 34.8 Å². The smallest absolute Gasteiger partial charge is 0.251 e. The highest BCUT2D eigenvalue weighted by Crippen LogP contribution is 2.31. The molecule has 3 aliphatic heterocycles. The number of carbonyl (C=O) groups excluding carboxylic acids is 1. The van der Waals surface area contributed by atoms with Crippen LogP contribution in [0.4, 0.5) is 17.3 Å². The molecule has 182 valence electrons. The molecule has 7 nitrogen and oxygen atoms in total. The van der Waals surface area contributed by atoms with Crippen LogP contribution < -0.4 is 15.5 Å². The third kappa shape index (κ3) is 5.74. The quantitative estimate of drug-likeness (QED) is 0.463. The maximum absolute atomic E-state index is 12.5. The summed E-state index contributed by atoms with van der Waals surface area (Å²) >= 11 is 6.54. The van der Waals surface area contributed by atoms with Gasteiger partial charge in [-0.25, -0.2) is 9.97 Å². The lowest BCUT2D eigenvalue weighted by molar-refractivity contribution is 0.0946. The van der Waals surface area contributed by atoms with E-state index in [9.17, 15) is 4.79 Å². The maximum atomic E-state index is 12.5. The van der Waals surface area contributed by atoms with E-state index in [1.165, 1.54) is 24.9 Å². The number of benzene rings is 2. The average Bonchev–Trinajstić information content (AvgIpc) is 2.88. The molecular weight excluding hydrogens is 462 g/mol. The summed E-state index contributed by atoms with van der Waals surface area (Å²) in [6, 6.07) is 13.5. The second kappa shape index (κ2) is 11.1. The molecule has 35 heavy (non-hydrogen) atoms. The zero-order chi connectivity index (χ0) is 24.0.